The highest BCUT2D eigenvalue weighted by atomic mass is 28.3. The predicted octanol–water partition coefficient (Wildman–Crippen LogP) is -1.26. The van der Waals surface area contributed by atoms with Gasteiger partial charge in [0, 0.05) is 9.52 Å². The van der Waals surface area contributed by atoms with E-state index in [4.69, 9.17) is 0 Å². The summed E-state index contributed by atoms with van der Waals surface area (Å²) in [5.41, 5.74) is 1.71. The van der Waals surface area contributed by atoms with Crippen LogP contribution in [0.2, 0.25) is 11.3 Å². The van der Waals surface area contributed by atoms with E-state index in [1.165, 1.54) is 0 Å². The molecule has 5 heteroatoms. The Bertz CT molecular complexity index is 56.0. The van der Waals surface area contributed by atoms with Crippen LogP contribution in [0, 0.1) is 0 Å². The maximum absolute atomic E-state index is 9.82. The number of hydrogen-bond acceptors (Lipinski definition) is 2. The molecule has 0 aliphatic rings. The van der Waals surface area contributed by atoms with Crippen molar-refractivity contribution in [2.24, 2.45) is 0 Å². The monoisotopic (exact) mass is 147 g/mol. The van der Waals surface area contributed by atoms with E-state index in [0.29, 0.717) is 0 Å². The van der Waals surface area contributed by atoms with Gasteiger partial charge in [0.1, 0.15) is 0 Å². The second-order valence-electron chi connectivity index (χ2n) is 1.09. The largest absolute Gasteiger partial charge is 0.392 e. The Labute approximate surface area is 49.3 Å². The second kappa shape index (κ2) is 6.25. The van der Waals surface area contributed by atoms with Crippen molar-refractivity contribution < 1.29 is 8.92 Å². The Balaban J connectivity index is 2.68. The summed E-state index contributed by atoms with van der Waals surface area (Å²) in [5.74, 6) is 0. The van der Waals surface area contributed by atoms with E-state index in [-0.39, 0.29) is 9.52 Å². The molecule has 39 valence electrons. The number of hydrogen-bond donors (Lipinski definition) is 0. The van der Waals surface area contributed by atoms with Crippen LogP contribution in [0.1, 0.15) is 0 Å². The molecule has 0 aliphatic heterocycles. The van der Waals surface area contributed by atoms with Crippen molar-refractivity contribution in [1.29, 1.82) is 0 Å². The summed E-state index contributed by atoms with van der Waals surface area (Å²) < 4.78 is 19.6. The van der Waals surface area contributed by atoms with Crippen molar-refractivity contribution in [3.63, 3.8) is 0 Å². The lowest BCUT2D eigenvalue weighted by molar-refractivity contribution is 0.579. The minimum absolute atomic E-state index is 0.271. The summed E-state index contributed by atoms with van der Waals surface area (Å²) in [5, 5.41) is 0. The molecule has 0 spiro atoms. The van der Waals surface area contributed by atoms with Crippen molar-refractivity contribution in [1.82, 2.24) is 0 Å². The van der Waals surface area contributed by atoms with Gasteiger partial charge in [0.15, 0.2) is 0 Å². The minimum atomic E-state index is -0.558. The van der Waals surface area contributed by atoms with Gasteiger partial charge in [-0.2, -0.15) is 0 Å². The fourth-order valence-electron chi connectivity index (χ4n) is 0.232. The third-order valence-corrected chi connectivity index (χ3v) is 4.73. The van der Waals surface area contributed by atoms with Crippen LogP contribution in [0.3, 0.4) is 0 Å². The molecule has 0 atom stereocenters. The lowest BCUT2D eigenvalue weighted by atomic mass is 11.8. The van der Waals surface area contributed by atoms with E-state index in [2.05, 4.69) is 0 Å². The molecule has 0 amide bonds. The van der Waals surface area contributed by atoms with Crippen LogP contribution in [0.4, 0.5) is 0 Å². The van der Waals surface area contributed by atoms with Crippen molar-refractivity contribution in [2.75, 3.05) is 0 Å². The zero-order chi connectivity index (χ0) is 5.54. The van der Waals surface area contributed by atoms with E-state index in [9.17, 15) is 8.92 Å². The van der Waals surface area contributed by atoms with Gasteiger partial charge in [0.25, 0.3) is 18.8 Å². The Hall–Kier alpha value is 0.251. The molecule has 7 heavy (non-hydrogen) atoms. The summed E-state index contributed by atoms with van der Waals surface area (Å²) in [6, 6.07) is 0. The standard InChI is InChI=1S/C2H7O2Si3/c3-6-1-5-2-7-4/h5-7H,1-2H2. The summed E-state index contributed by atoms with van der Waals surface area (Å²) in [6.07, 6.45) is 0. The third kappa shape index (κ3) is 6.25. The number of rotatable bonds is 4. The lowest BCUT2D eigenvalue weighted by Crippen LogP contribution is -1.90. The van der Waals surface area contributed by atoms with E-state index in [1.54, 1.807) is 0 Å². The van der Waals surface area contributed by atoms with Gasteiger partial charge in [0.2, 0.25) is 0 Å². The molecule has 0 heterocycles. The molecule has 1 radical (unpaired) electrons. The molecule has 0 bridgehead atoms. The van der Waals surface area contributed by atoms with Gasteiger partial charge in [-0.3, -0.25) is 0 Å². The van der Waals surface area contributed by atoms with Gasteiger partial charge < -0.3 is 8.92 Å². The molecule has 2 nitrogen and oxygen atoms in total. The molecule has 0 rings (SSSR count). The highest BCUT2D eigenvalue weighted by molar-refractivity contribution is 6.56. The fraction of sp³-hybridized carbons (Fsp3) is 1.00. The summed E-state index contributed by atoms with van der Waals surface area (Å²) in [7, 11) is -0.845. The fourth-order valence-corrected chi connectivity index (χ4v) is 3.82. The summed E-state index contributed by atoms with van der Waals surface area (Å²) in [4.78, 5) is 0. The first-order valence-electron chi connectivity index (χ1n) is 2.10. The quantitative estimate of drug-likeness (QED) is 0.367. The minimum Gasteiger partial charge on any atom is -0.392 e. The Morgan fingerprint density at radius 2 is 1.43 bits per heavy atom. The molecular weight excluding hydrogens is 140 g/mol. The molecular formula is C2H7O2Si3. The molecule has 0 aromatic carbocycles. The van der Waals surface area contributed by atoms with Gasteiger partial charge in [-0.1, -0.05) is 0 Å². The topological polar surface area (TPSA) is 34.1 Å². The molecule has 0 unspecified atom stereocenters. The zero-order valence-corrected chi connectivity index (χ0v) is 7.43. The zero-order valence-electron chi connectivity index (χ0n) is 3.96. The van der Waals surface area contributed by atoms with Crippen LogP contribution in [-0.4, -0.2) is 28.3 Å². The van der Waals surface area contributed by atoms with E-state index in [0.717, 1.165) is 11.3 Å². The van der Waals surface area contributed by atoms with Gasteiger partial charge in [-0.25, -0.2) is 0 Å². The molecule has 0 N–H and O–H groups in total. The molecule has 0 saturated carbocycles. The Kier molecular flexibility index (Phi) is 6.47. The first-order valence-corrected chi connectivity index (χ1v) is 6.31. The van der Waals surface area contributed by atoms with Crippen LogP contribution < -0.4 is 0 Å². The van der Waals surface area contributed by atoms with Crippen molar-refractivity contribution in [3.8, 4) is 0 Å². The van der Waals surface area contributed by atoms with Gasteiger partial charge >= 0.3 is 0 Å². The maximum atomic E-state index is 9.82. The maximum Gasteiger partial charge on any atom is 0.257 e. The van der Waals surface area contributed by atoms with E-state index in [1.807, 2.05) is 0 Å². The Morgan fingerprint density at radius 3 is 1.71 bits per heavy atom. The summed E-state index contributed by atoms with van der Waals surface area (Å²) >= 11 is 0. The SMILES string of the molecule is O=[SiH]C[SiH]C[SiH]=O. The average Bonchev–Trinajstić information content (AvgIpc) is 1.69. The smallest absolute Gasteiger partial charge is 0.257 e. The normalized spacial score (nSPS) is 8.00. The van der Waals surface area contributed by atoms with Crippen LogP contribution in [0.15, 0.2) is 0 Å². The molecule has 0 aromatic rings. The predicted molar refractivity (Wildman–Crippen MR) is 32.4 cm³/mol. The van der Waals surface area contributed by atoms with Crippen LogP contribution in [-0.2, 0) is 8.92 Å². The molecule has 0 aromatic heterocycles. The summed E-state index contributed by atoms with van der Waals surface area (Å²) in [6.45, 7) is 0. The second-order valence-corrected chi connectivity index (χ2v) is 6.11. The first kappa shape index (κ1) is 7.25. The average molecular weight is 147 g/mol. The van der Waals surface area contributed by atoms with E-state index >= 15 is 0 Å². The van der Waals surface area contributed by atoms with Crippen LogP contribution >= 0.6 is 0 Å². The van der Waals surface area contributed by atoms with Gasteiger partial charge in [-0.05, 0) is 11.3 Å². The van der Waals surface area contributed by atoms with Gasteiger partial charge in [-0.15, -0.1) is 0 Å². The first-order chi connectivity index (χ1) is 3.41. The van der Waals surface area contributed by atoms with Crippen molar-refractivity contribution >= 4 is 28.3 Å². The van der Waals surface area contributed by atoms with Crippen LogP contribution in [0.25, 0.3) is 0 Å². The third-order valence-electron chi connectivity index (χ3n) is 0.526. The Morgan fingerprint density at radius 1 is 1.00 bits per heavy atom. The molecule has 0 saturated heterocycles. The highest BCUT2D eigenvalue weighted by Crippen LogP contribution is 1.72. The van der Waals surface area contributed by atoms with Gasteiger partial charge in [0.05, 0.1) is 0 Å². The van der Waals surface area contributed by atoms with E-state index < -0.39 is 18.8 Å². The molecule has 0 fully saturated rings. The van der Waals surface area contributed by atoms with Crippen LogP contribution in [0.5, 0.6) is 0 Å². The highest BCUT2D eigenvalue weighted by Gasteiger charge is 1.84. The lowest BCUT2D eigenvalue weighted by Gasteiger charge is -1.75. The molecule has 0 aliphatic carbocycles. The van der Waals surface area contributed by atoms with Crippen molar-refractivity contribution in [3.05, 3.63) is 0 Å². The van der Waals surface area contributed by atoms with Crippen molar-refractivity contribution in [2.45, 2.75) is 11.3 Å².